The van der Waals surface area contributed by atoms with Crippen LogP contribution in [0.25, 0.3) is 11.3 Å². The fourth-order valence-electron chi connectivity index (χ4n) is 1.33. The molecule has 0 fully saturated rings. The molecule has 0 radical (unpaired) electrons. The highest BCUT2D eigenvalue weighted by atomic mass is 35.5. The van der Waals surface area contributed by atoms with Crippen LogP contribution in [0.4, 0.5) is 0 Å². The second-order valence-electron chi connectivity index (χ2n) is 3.28. The summed E-state index contributed by atoms with van der Waals surface area (Å²) in [5.74, 6) is 0. The lowest BCUT2D eigenvalue weighted by atomic mass is 10.1. The molecule has 0 aliphatic heterocycles. The van der Waals surface area contributed by atoms with Crippen LogP contribution in [0, 0.1) is 11.3 Å². The van der Waals surface area contributed by atoms with E-state index >= 15 is 0 Å². The summed E-state index contributed by atoms with van der Waals surface area (Å²) in [6.45, 7) is 0. The van der Waals surface area contributed by atoms with Crippen LogP contribution >= 0.6 is 34.8 Å². The lowest BCUT2D eigenvalue weighted by molar-refractivity contribution is 1.30. The zero-order valence-electron chi connectivity index (χ0n) is 8.42. The maximum absolute atomic E-state index is 8.75. The van der Waals surface area contributed by atoms with E-state index < -0.39 is 0 Å². The molecule has 0 aliphatic rings. The molecule has 2 rings (SSSR count). The zero-order valence-corrected chi connectivity index (χ0v) is 10.7. The Bertz CT molecular complexity index is 618. The van der Waals surface area contributed by atoms with E-state index in [1.54, 1.807) is 30.3 Å². The van der Waals surface area contributed by atoms with Crippen LogP contribution in [0.3, 0.4) is 0 Å². The first-order valence-corrected chi connectivity index (χ1v) is 5.77. The van der Waals surface area contributed by atoms with Gasteiger partial charge in [0.1, 0.15) is 11.2 Å². The quantitative estimate of drug-likeness (QED) is 0.718. The molecule has 0 unspecified atom stereocenters. The second kappa shape index (κ2) is 4.93. The minimum Gasteiger partial charge on any atom is -0.235 e. The first kappa shape index (κ1) is 12.2. The molecule has 0 N–H and O–H groups in total. The third kappa shape index (κ3) is 2.53. The van der Waals surface area contributed by atoms with Crippen molar-refractivity contribution in [2.75, 3.05) is 0 Å². The number of halogens is 3. The van der Waals surface area contributed by atoms with Crippen molar-refractivity contribution in [1.82, 2.24) is 4.98 Å². The van der Waals surface area contributed by atoms with Crippen molar-refractivity contribution in [3.05, 3.63) is 51.1 Å². The molecule has 1 aromatic heterocycles. The van der Waals surface area contributed by atoms with Crippen LogP contribution in [0.2, 0.25) is 15.2 Å². The minimum absolute atomic E-state index is 0.177. The first-order valence-electron chi connectivity index (χ1n) is 4.64. The Morgan fingerprint density at radius 2 is 1.76 bits per heavy atom. The summed E-state index contributed by atoms with van der Waals surface area (Å²) < 4.78 is 0. The van der Waals surface area contributed by atoms with Crippen LogP contribution in [-0.4, -0.2) is 4.98 Å². The first-order chi connectivity index (χ1) is 8.11. The van der Waals surface area contributed by atoms with Crippen molar-refractivity contribution in [1.29, 1.82) is 5.26 Å². The topological polar surface area (TPSA) is 36.7 Å². The number of hydrogen-bond acceptors (Lipinski definition) is 2. The minimum atomic E-state index is 0.177. The van der Waals surface area contributed by atoms with Crippen molar-refractivity contribution in [3.8, 4) is 17.3 Å². The Labute approximate surface area is 113 Å². The molecule has 0 amide bonds. The van der Waals surface area contributed by atoms with Crippen LogP contribution in [0.15, 0.2) is 30.3 Å². The van der Waals surface area contributed by atoms with E-state index in [1.807, 2.05) is 6.07 Å². The van der Waals surface area contributed by atoms with Crippen LogP contribution in [-0.2, 0) is 0 Å². The maximum Gasteiger partial charge on any atom is 0.147 e. The summed E-state index contributed by atoms with van der Waals surface area (Å²) in [5, 5.41) is 9.86. The summed E-state index contributed by atoms with van der Waals surface area (Å²) in [6, 6.07) is 10.5. The SMILES string of the molecule is N#Cc1ccc(-c2ccc(Cl)c(Cl)c2)nc1Cl. The molecular formula is C12H5Cl3N2. The molecule has 84 valence electrons. The highest BCUT2D eigenvalue weighted by molar-refractivity contribution is 6.42. The number of hydrogen-bond donors (Lipinski definition) is 0. The lowest BCUT2D eigenvalue weighted by Crippen LogP contribution is -1.87. The Kier molecular flexibility index (Phi) is 3.54. The summed E-state index contributed by atoms with van der Waals surface area (Å²) in [5.41, 5.74) is 1.79. The van der Waals surface area contributed by atoms with Crippen molar-refractivity contribution in [2.24, 2.45) is 0 Å². The van der Waals surface area contributed by atoms with Crippen molar-refractivity contribution < 1.29 is 0 Å². The Morgan fingerprint density at radius 3 is 2.35 bits per heavy atom. The molecule has 1 heterocycles. The van der Waals surface area contributed by atoms with Gasteiger partial charge in [0.05, 0.1) is 21.3 Å². The van der Waals surface area contributed by atoms with Gasteiger partial charge in [0.2, 0.25) is 0 Å². The number of nitriles is 1. The van der Waals surface area contributed by atoms with Crippen LogP contribution in [0.1, 0.15) is 5.56 Å². The summed E-state index contributed by atoms with van der Waals surface area (Å²) in [6.07, 6.45) is 0. The fourth-order valence-corrected chi connectivity index (χ4v) is 1.83. The highest BCUT2D eigenvalue weighted by Crippen LogP contribution is 2.28. The second-order valence-corrected chi connectivity index (χ2v) is 4.45. The Morgan fingerprint density at radius 1 is 1.00 bits per heavy atom. The van der Waals surface area contributed by atoms with E-state index in [0.29, 0.717) is 21.3 Å². The predicted molar refractivity (Wildman–Crippen MR) is 69.4 cm³/mol. The van der Waals surface area contributed by atoms with E-state index in [0.717, 1.165) is 5.56 Å². The molecule has 17 heavy (non-hydrogen) atoms. The summed E-state index contributed by atoms with van der Waals surface area (Å²) in [4.78, 5) is 4.13. The Balaban J connectivity index is 2.50. The van der Waals surface area contributed by atoms with Crippen molar-refractivity contribution >= 4 is 34.8 Å². The van der Waals surface area contributed by atoms with Gasteiger partial charge in [-0.05, 0) is 24.3 Å². The van der Waals surface area contributed by atoms with Crippen molar-refractivity contribution in [2.45, 2.75) is 0 Å². The van der Waals surface area contributed by atoms with Gasteiger partial charge >= 0.3 is 0 Å². The third-order valence-electron chi connectivity index (χ3n) is 2.18. The average molecular weight is 284 g/mol. The van der Waals surface area contributed by atoms with Gasteiger partial charge in [0.25, 0.3) is 0 Å². The third-order valence-corrected chi connectivity index (χ3v) is 3.21. The van der Waals surface area contributed by atoms with Crippen molar-refractivity contribution in [3.63, 3.8) is 0 Å². The van der Waals surface area contributed by atoms with E-state index in [9.17, 15) is 0 Å². The van der Waals surface area contributed by atoms with Gasteiger partial charge in [0, 0.05) is 5.56 Å². The molecule has 2 nitrogen and oxygen atoms in total. The number of pyridine rings is 1. The molecule has 0 bridgehead atoms. The molecule has 5 heteroatoms. The predicted octanol–water partition coefficient (Wildman–Crippen LogP) is 4.58. The Hall–Kier alpha value is -1.27. The number of nitrogens with zero attached hydrogens (tertiary/aromatic N) is 2. The molecule has 0 saturated heterocycles. The smallest absolute Gasteiger partial charge is 0.147 e. The maximum atomic E-state index is 8.75. The van der Waals surface area contributed by atoms with E-state index in [4.69, 9.17) is 40.1 Å². The average Bonchev–Trinajstić information content (AvgIpc) is 2.32. The number of benzene rings is 1. The van der Waals surface area contributed by atoms with Crippen LogP contribution < -0.4 is 0 Å². The van der Waals surface area contributed by atoms with E-state index in [2.05, 4.69) is 4.98 Å². The van der Waals surface area contributed by atoms with Gasteiger partial charge in [-0.2, -0.15) is 5.26 Å². The normalized spacial score (nSPS) is 10.0. The monoisotopic (exact) mass is 282 g/mol. The number of aromatic nitrogens is 1. The van der Waals surface area contributed by atoms with Gasteiger partial charge in [-0.15, -0.1) is 0 Å². The van der Waals surface area contributed by atoms with E-state index in [1.165, 1.54) is 0 Å². The molecule has 2 aromatic rings. The molecular weight excluding hydrogens is 279 g/mol. The van der Waals surface area contributed by atoms with Gasteiger partial charge in [-0.25, -0.2) is 4.98 Å². The molecule has 1 aromatic carbocycles. The largest absolute Gasteiger partial charge is 0.235 e. The standard InChI is InChI=1S/C12H5Cl3N2/c13-9-3-1-7(5-10(9)14)11-4-2-8(6-16)12(15)17-11/h1-5H. The summed E-state index contributed by atoms with van der Waals surface area (Å²) >= 11 is 17.6. The fraction of sp³-hybridized carbons (Fsp3) is 0. The molecule has 0 aliphatic carbocycles. The molecule has 0 spiro atoms. The molecule has 0 saturated carbocycles. The summed E-state index contributed by atoms with van der Waals surface area (Å²) in [7, 11) is 0. The van der Waals surface area contributed by atoms with Gasteiger partial charge in [-0.1, -0.05) is 40.9 Å². The lowest BCUT2D eigenvalue weighted by Gasteiger charge is -2.03. The molecule has 0 atom stereocenters. The van der Waals surface area contributed by atoms with Crippen LogP contribution in [0.5, 0.6) is 0 Å². The van der Waals surface area contributed by atoms with Gasteiger partial charge < -0.3 is 0 Å². The highest BCUT2D eigenvalue weighted by Gasteiger charge is 2.06. The van der Waals surface area contributed by atoms with Gasteiger partial charge in [-0.3, -0.25) is 0 Å². The zero-order chi connectivity index (χ0) is 12.4. The number of rotatable bonds is 1. The van der Waals surface area contributed by atoms with E-state index in [-0.39, 0.29) is 5.15 Å². The van der Waals surface area contributed by atoms with Gasteiger partial charge in [0.15, 0.2) is 0 Å².